The number of aryl methyl sites for hydroxylation is 2. The average Bonchev–Trinajstić information content (AvgIpc) is 2.54. The third kappa shape index (κ3) is 1.87. The second kappa shape index (κ2) is 4.34. The zero-order chi connectivity index (χ0) is 11.7. The normalized spacial score (nSPS) is 17.9. The SMILES string of the molecule is Cc1oc(C)c(C(O)C2=COCCC2)c1C. The number of hydrogen-bond acceptors (Lipinski definition) is 3. The van der Waals surface area contributed by atoms with Crippen molar-refractivity contribution >= 4 is 0 Å². The van der Waals surface area contributed by atoms with E-state index in [1.807, 2.05) is 20.8 Å². The highest BCUT2D eigenvalue weighted by atomic mass is 16.5. The van der Waals surface area contributed by atoms with E-state index < -0.39 is 6.10 Å². The molecule has 0 spiro atoms. The van der Waals surface area contributed by atoms with Crippen LogP contribution in [0.3, 0.4) is 0 Å². The Morgan fingerprint density at radius 1 is 1.25 bits per heavy atom. The lowest BCUT2D eigenvalue weighted by Gasteiger charge is -2.19. The Bertz CT molecular complexity index is 415. The van der Waals surface area contributed by atoms with Gasteiger partial charge in [-0.25, -0.2) is 0 Å². The molecule has 0 bridgehead atoms. The summed E-state index contributed by atoms with van der Waals surface area (Å²) in [6.45, 7) is 6.54. The molecule has 0 amide bonds. The number of ether oxygens (including phenoxy) is 1. The summed E-state index contributed by atoms with van der Waals surface area (Å²) in [6.07, 6.45) is 2.97. The molecule has 0 radical (unpaired) electrons. The van der Waals surface area contributed by atoms with E-state index in [4.69, 9.17) is 9.15 Å². The van der Waals surface area contributed by atoms with Crippen molar-refractivity contribution in [1.29, 1.82) is 0 Å². The Kier molecular flexibility index (Phi) is 3.06. The van der Waals surface area contributed by atoms with E-state index in [9.17, 15) is 5.11 Å². The Labute approximate surface area is 95.7 Å². The van der Waals surface area contributed by atoms with Crippen molar-refractivity contribution in [2.24, 2.45) is 0 Å². The largest absolute Gasteiger partial charge is 0.501 e. The van der Waals surface area contributed by atoms with Crippen LogP contribution in [-0.4, -0.2) is 11.7 Å². The van der Waals surface area contributed by atoms with Gasteiger partial charge < -0.3 is 14.3 Å². The molecule has 16 heavy (non-hydrogen) atoms. The molecule has 2 rings (SSSR count). The highest BCUT2D eigenvalue weighted by Gasteiger charge is 2.23. The van der Waals surface area contributed by atoms with Gasteiger partial charge in [-0.2, -0.15) is 0 Å². The van der Waals surface area contributed by atoms with E-state index in [-0.39, 0.29) is 0 Å². The second-order valence-corrected chi connectivity index (χ2v) is 4.32. The highest BCUT2D eigenvalue weighted by molar-refractivity contribution is 5.37. The lowest BCUT2D eigenvalue weighted by Crippen LogP contribution is -2.09. The molecule has 0 saturated carbocycles. The molecule has 3 heteroatoms. The van der Waals surface area contributed by atoms with Gasteiger partial charge in [0.1, 0.15) is 17.6 Å². The van der Waals surface area contributed by atoms with Crippen molar-refractivity contribution in [2.75, 3.05) is 6.61 Å². The van der Waals surface area contributed by atoms with Gasteiger partial charge in [-0.05, 0) is 44.7 Å². The lowest BCUT2D eigenvalue weighted by atomic mass is 9.95. The van der Waals surface area contributed by atoms with Crippen LogP contribution in [0.1, 0.15) is 41.6 Å². The summed E-state index contributed by atoms with van der Waals surface area (Å²) in [7, 11) is 0. The van der Waals surface area contributed by atoms with Crippen molar-refractivity contribution in [1.82, 2.24) is 0 Å². The van der Waals surface area contributed by atoms with Gasteiger partial charge in [-0.15, -0.1) is 0 Å². The molecular formula is C13H18O3. The standard InChI is InChI=1S/C13H18O3/c1-8-9(2)16-10(3)12(8)13(14)11-5-4-6-15-7-11/h7,13-14H,4-6H2,1-3H3. The number of aliphatic hydroxyl groups excluding tert-OH is 1. The van der Waals surface area contributed by atoms with Crippen molar-refractivity contribution < 1.29 is 14.3 Å². The van der Waals surface area contributed by atoms with Crippen LogP contribution in [-0.2, 0) is 4.74 Å². The first kappa shape index (κ1) is 11.3. The number of hydrogen-bond donors (Lipinski definition) is 1. The van der Waals surface area contributed by atoms with Gasteiger partial charge in [0, 0.05) is 5.56 Å². The fourth-order valence-corrected chi connectivity index (χ4v) is 2.18. The van der Waals surface area contributed by atoms with Crippen LogP contribution < -0.4 is 0 Å². The Hall–Kier alpha value is -1.22. The van der Waals surface area contributed by atoms with E-state index >= 15 is 0 Å². The molecule has 1 aliphatic rings. The topological polar surface area (TPSA) is 42.6 Å². The van der Waals surface area contributed by atoms with Crippen molar-refractivity contribution in [3.8, 4) is 0 Å². The van der Waals surface area contributed by atoms with Crippen LogP contribution in [0.25, 0.3) is 0 Å². The van der Waals surface area contributed by atoms with Crippen LogP contribution in [0.15, 0.2) is 16.3 Å². The lowest BCUT2D eigenvalue weighted by molar-refractivity contribution is 0.169. The average molecular weight is 222 g/mol. The van der Waals surface area contributed by atoms with E-state index in [2.05, 4.69) is 0 Å². The second-order valence-electron chi connectivity index (χ2n) is 4.32. The zero-order valence-electron chi connectivity index (χ0n) is 10.0. The van der Waals surface area contributed by atoms with Gasteiger partial charge in [-0.1, -0.05) is 0 Å². The van der Waals surface area contributed by atoms with Crippen LogP contribution in [0.5, 0.6) is 0 Å². The Morgan fingerprint density at radius 3 is 2.50 bits per heavy atom. The molecule has 1 unspecified atom stereocenters. The summed E-state index contributed by atoms with van der Waals surface area (Å²) >= 11 is 0. The van der Waals surface area contributed by atoms with Crippen molar-refractivity contribution in [3.05, 3.63) is 34.5 Å². The Morgan fingerprint density at radius 2 is 2.00 bits per heavy atom. The molecule has 1 aromatic rings. The molecule has 0 aromatic carbocycles. The molecule has 0 saturated heterocycles. The summed E-state index contributed by atoms with van der Waals surface area (Å²) in [5.74, 6) is 1.68. The molecule has 1 aromatic heterocycles. The van der Waals surface area contributed by atoms with E-state index in [0.29, 0.717) is 0 Å². The first-order chi connectivity index (χ1) is 7.61. The molecule has 0 aliphatic carbocycles. The quantitative estimate of drug-likeness (QED) is 0.836. The monoisotopic (exact) mass is 222 g/mol. The van der Waals surface area contributed by atoms with Crippen LogP contribution in [0.4, 0.5) is 0 Å². The van der Waals surface area contributed by atoms with Crippen molar-refractivity contribution in [3.63, 3.8) is 0 Å². The van der Waals surface area contributed by atoms with E-state index in [1.54, 1.807) is 6.26 Å². The molecule has 0 fully saturated rings. The first-order valence-corrected chi connectivity index (χ1v) is 5.66. The van der Waals surface area contributed by atoms with Gasteiger partial charge in [0.05, 0.1) is 12.9 Å². The number of furan rings is 1. The minimum absolute atomic E-state index is 0.585. The predicted molar refractivity (Wildman–Crippen MR) is 61.1 cm³/mol. The third-order valence-corrected chi connectivity index (χ3v) is 3.20. The molecule has 2 heterocycles. The minimum atomic E-state index is -0.585. The van der Waals surface area contributed by atoms with Crippen LogP contribution in [0, 0.1) is 20.8 Å². The van der Waals surface area contributed by atoms with Crippen LogP contribution in [0.2, 0.25) is 0 Å². The van der Waals surface area contributed by atoms with Crippen molar-refractivity contribution in [2.45, 2.75) is 39.7 Å². The molecule has 88 valence electrons. The predicted octanol–water partition coefficient (Wildman–Crippen LogP) is 2.93. The highest BCUT2D eigenvalue weighted by Crippen LogP contribution is 2.34. The maximum atomic E-state index is 10.3. The third-order valence-electron chi connectivity index (χ3n) is 3.20. The maximum Gasteiger partial charge on any atom is 0.107 e. The van der Waals surface area contributed by atoms with E-state index in [0.717, 1.165) is 47.7 Å². The summed E-state index contributed by atoms with van der Waals surface area (Å²) in [5.41, 5.74) is 2.88. The smallest absolute Gasteiger partial charge is 0.107 e. The van der Waals surface area contributed by atoms with Gasteiger partial charge in [0.25, 0.3) is 0 Å². The summed E-state index contributed by atoms with van der Waals surface area (Å²) in [6, 6.07) is 0. The summed E-state index contributed by atoms with van der Waals surface area (Å²) in [5, 5.41) is 10.3. The maximum absolute atomic E-state index is 10.3. The summed E-state index contributed by atoms with van der Waals surface area (Å²) < 4.78 is 10.8. The van der Waals surface area contributed by atoms with Gasteiger partial charge in [0.2, 0.25) is 0 Å². The van der Waals surface area contributed by atoms with E-state index in [1.165, 1.54) is 0 Å². The molecule has 1 N–H and O–H groups in total. The van der Waals surface area contributed by atoms with Crippen LogP contribution >= 0.6 is 0 Å². The number of rotatable bonds is 2. The fraction of sp³-hybridized carbons (Fsp3) is 0.538. The Balaban J connectivity index is 2.32. The van der Waals surface area contributed by atoms with Gasteiger partial charge in [0.15, 0.2) is 0 Å². The number of aliphatic hydroxyl groups is 1. The fourth-order valence-electron chi connectivity index (χ4n) is 2.18. The molecule has 1 aliphatic heterocycles. The molecule has 1 atom stereocenters. The molecular weight excluding hydrogens is 204 g/mol. The minimum Gasteiger partial charge on any atom is -0.501 e. The van der Waals surface area contributed by atoms with Gasteiger partial charge >= 0.3 is 0 Å². The molecule has 3 nitrogen and oxygen atoms in total. The van der Waals surface area contributed by atoms with Gasteiger partial charge in [-0.3, -0.25) is 0 Å². The zero-order valence-corrected chi connectivity index (χ0v) is 10.0. The summed E-state index contributed by atoms with van der Waals surface area (Å²) in [4.78, 5) is 0. The first-order valence-electron chi connectivity index (χ1n) is 5.66.